The van der Waals surface area contributed by atoms with Crippen molar-refractivity contribution in [1.82, 2.24) is 0 Å². The SMILES string of the molecule is CCOC(=O)C=Cc1cc(-c2ccccc2)cc([N+](=O)[O-])c1S. The summed E-state index contributed by atoms with van der Waals surface area (Å²) >= 11 is 4.22. The molecule has 6 heteroatoms. The second kappa shape index (κ2) is 7.60. The van der Waals surface area contributed by atoms with Crippen LogP contribution in [0.1, 0.15) is 12.5 Å². The van der Waals surface area contributed by atoms with Crippen molar-refractivity contribution in [2.45, 2.75) is 11.8 Å². The van der Waals surface area contributed by atoms with Gasteiger partial charge in [-0.25, -0.2) is 4.79 Å². The summed E-state index contributed by atoms with van der Waals surface area (Å²) in [5, 5.41) is 11.2. The first-order valence-corrected chi connectivity index (χ1v) is 7.39. The van der Waals surface area contributed by atoms with E-state index in [0.29, 0.717) is 11.1 Å². The second-order valence-electron chi connectivity index (χ2n) is 4.64. The van der Waals surface area contributed by atoms with Gasteiger partial charge < -0.3 is 4.74 Å². The van der Waals surface area contributed by atoms with Gasteiger partial charge in [0.2, 0.25) is 0 Å². The third-order valence-corrected chi connectivity index (χ3v) is 3.60. The fourth-order valence-electron chi connectivity index (χ4n) is 2.05. The molecule has 0 heterocycles. The third kappa shape index (κ3) is 4.20. The maximum absolute atomic E-state index is 11.4. The molecule has 2 aromatic carbocycles. The molecule has 118 valence electrons. The van der Waals surface area contributed by atoms with Crippen molar-refractivity contribution in [3.8, 4) is 11.1 Å². The molecule has 0 atom stereocenters. The highest BCUT2D eigenvalue weighted by molar-refractivity contribution is 7.80. The number of nitro benzene ring substituents is 1. The van der Waals surface area contributed by atoms with Gasteiger partial charge >= 0.3 is 5.97 Å². The molecule has 0 aliphatic carbocycles. The smallest absolute Gasteiger partial charge is 0.330 e. The number of esters is 1. The van der Waals surface area contributed by atoms with Gasteiger partial charge in [0.15, 0.2) is 0 Å². The average molecular weight is 329 g/mol. The Balaban J connectivity index is 2.51. The van der Waals surface area contributed by atoms with Crippen LogP contribution in [0.15, 0.2) is 53.4 Å². The zero-order valence-corrected chi connectivity index (χ0v) is 13.3. The minimum Gasteiger partial charge on any atom is -0.463 e. The lowest BCUT2D eigenvalue weighted by Gasteiger charge is -2.07. The van der Waals surface area contributed by atoms with E-state index in [-0.39, 0.29) is 17.2 Å². The monoisotopic (exact) mass is 329 g/mol. The Bertz CT molecular complexity index is 757. The first-order chi connectivity index (χ1) is 11.0. The molecule has 0 fully saturated rings. The number of rotatable bonds is 5. The number of thiol groups is 1. The first-order valence-electron chi connectivity index (χ1n) is 6.94. The van der Waals surface area contributed by atoms with Crippen LogP contribution in [-0.4, -0.2) is 17.5 Å². The highest BCUT2D eigenvalue weighted by Gasteiger charge is 2.16. The molecule has 0 spiro atoms. The minimum atomic E-state index is -0.506. The van der Waals surface area contributed by atoms with E-state index >= 15 is 0 Å². The van der Waals surface area contributed by atoms with Crippen LogP contribution in [0.4, 0.5) is 5.69 Å². The molecule has 0 bridgehead atoms. The van der Waals surface area contributed by atoms with Gasteiger partial charge in [-0.1, -0.05) is 30.3 Å². The number of carbonyl (C=O) groups excluding carboxylic acids is 1. The van der Waals surface area contributed by atoms with Crippen molar-refractivity contribution in [3.05, 3.63) is 64.2 Å². The number of hydrogen-bond donors (Lipinski definition) is 1. The fourth-order valence-corrected chi connectivity index (χ4v) is 2.34. The van der Waals surface area contributed by atoms with Gasteiger partial charge in [0.05, 0.1) is 16.4 Å². The predicted octanol–water partition coefficient (Wildman–Crippen LogP) is 4.13. The van der Waals surface area contributed by atoms with Crippen molar-refractivity contribution in [3.63, 3.8) is 0 Å². The number of benzene rings is 2. The summed E-state index contributed by atoms with van der Waals surface area (Å²) < 4.78 is 4.81. The van der Waals surface area contributed by atoms with Crippen molar-refractivity contribution in [2.24, 2.45) is 0 Å². The van der Waals surface area contributed by atoms with Crippen LogP contribution in [0.2, 0.25) is 0 Å². The molecule has 0 radical (unpaired) electrons. The van der Waals surface area contributed by atoms with Crippen molar-refractivity contribution >= 4 is 30.4 Å². The molecular weight excluding hydrogens is 314 g/mol. The Morgan fingerprint density at radius 3 is 2.57 bits per heavy atom. The molecule has 0 amide bonds. The summed E-state index contributed by atoms with van der Waals surface area (Å²) in [6, 6.07) is 12.5. The minimum absolute atomic E-state index is 0.113. The van der Waals surface area contributed by atoms with Crippen molar-refractivity contribution < 1.29 is 14.5 Å². The Hall–Kier alpha value is -2.60. The van der Waals surface area contributed by atoms with Crippen LogP contribution in [0.5, 0.6) is 0 Å². The average Bonchev–Trinajstić information content (AvgIpc) is 2.54. The first kappa shape index (κ1) is 16.8. The lowest BCUT2D eigenvalue weighted by molar-refractivity contribution is -0.387. The van der Waals surface area contributed by atoms with E-state index in [9.17, 15) is 14.9 Å². The lowest BCUT2D eigenvalue weighted by Crippen LogP contribution is -1.99. The quantitative estimate of drug-likeness (QED) is 0.294. The maximum atomic E-state index is 11.4. The Labute approximate surface area is 139 Å². The van der Waals surface area contributed by atoms with Crippen molar-refractivity contribution in [2.75, 3.05) is 6.61 Å². The molecule has 0 saturated carbocycles. The second-order valence-corrected chi connectivity index (χ2v) is 5.09. The molecule has 0 unspecified atom stereocenters. The van der Waals surface area contributed by atoms with E-state index in [1.807, 2.05) is 30.3 Å². The third-order valence-electron chi connectivity index (χ3n) is 3.11. The van der Waals surface area contributed by atoms with Gasteiger partial charge in [-0.3, -0.25) is 10.1 Å². The highest BCUT2D eigenvalue weighted by Crippen LogP contribution is 2.33. The van der Waals surface area contributed by atoms with E-state index in [1.54, 1.807) is 13.0 Å². The van der Waals surface area contributed by atoms with E-state index in [1.165, 1.54) is 18.2 Å². The summed E-state index contributed by atoms with van der Waals surface area (Å²) in [5.74, 6) is -0.506. The Kier molecular flexibility index (Phi) is 5.54. The Morgan fingerprint density at radius 1 is 1.26 bits per heavy atom. The molecule has 0 aliphatic heterocycles. The maximum Gasteiger partial charge on any atom is 0.330 e. The predicted molar refractivity (Wildman–Crippen MR) is 91.5 cm³/mol. The van der Waals surface area contributed by atoms with Crippen molar-refractivity contribution in [1.29, 1.82) is 0 Å². The van der Waals surface area contributed by atoms with Crippen LogP contribution in [0.3, 0.4) is 0 Å². The zero-order valence-electron chi connectivity index (χ0n) is 12.4. The number of hydrogen-bond acceptors (Lipinski definition) is 5. The van der Waals surface area contributed by atoms with Crippen LogP contribution >= 0.6 is 12.6 Å². The molecule has 0 saturated heterocycles. The van der Waals surface area contributed by atoms with Gasteiger partial charge in [0, 0.05) is 12.1 Å². The molecule has 0 aromatic heterocycles. The standard InChI is InChI=1S/C17H15NO4S/c1-2-22-16(19)9-8-13-10-14(12-6-4-3-5-7-12)11-15(17(13)23)18(20)21/h3-11,23H,2H2,1H3. The summed E-state index contributed by atoms with van der Waals surface area (Å²) in [7, 11) is 0. The normalized spacial score (nSPS) is 10.7. The van der Waals surface area contributed by atoms with Gasteiger partial charge in [-0.2, -0.15) is 0 Å². The molecule has 23 heavy (non-hydrogen) atoms. The largest absolute Gasteiger partial charge is 0.463 e. The molecule has 0 N–H and O–H groups in total. The van der Waals surface area contributed by atoms with Gasteiger partial charge in [-0.15, -0.1) is 12.6 Å². The van der Waals surface area contributed by atoms with E-state index in [4.69, 9.17) is 4.74 Å². The lowest BCUT2D eigenvalue weighted by atomic mass is 10.0. The molecular formula is C17H15NO4S. The van der Waals surface area contributed by atoms with E-state index in [0.717, 1.165) is 5.56 Å². The van der Waals surface area contributed by atoms with Crippen LogP contribution in [-0.2, 0) is 9.53 Å². The Morgan fingerprint density at radius 2 is 1.96 bits per heavy atom. The topological polar surface area (TPSA) is 69.4 Å². The number of nitro groups is 1. The highest BCUT2D eigenvalue weighted by atomic mass is 32.1. The summed E-state index contributed by atoms with van der Waals surface area (Å²) in [4.78, 5) is 22.4. The summed E-state index contributed by atoms with van der Waals surface area (Å²) in [5.41, 5.74) is 1.89. The van der Waals surface area contributed by atoms with E-state index < -0.39 is 10.9 Å². The zero-order chi connectivity index (χ0) is 16.8. The van der Waals surface area contributed by atoms with Gasteiger partial charge in [0.1, 0.15) is 0 Å². The molecule has 0 aliphatic rings. The summed E-state index contributed by atoms with van der Waals surface area (Å²) in [6.45, 7) is 1.97. The number of carbonyl (C=O) groups is 1. The van der Waals surface area contributed by atoms with E-state index in [2.05, 4.69) is 12.6 Å². The van der Waals surface area contributed by atoms with Crippen LogP contribution < -0.4 is 0 Å². The number of ether oxygens (including phenoxy) is 1. The number of nitrogens with zero attached hydrogens (tertiary/aromatic N) is 1. The fraction of sp³-hybridized carbons (Fsp3) is 0.118. The molecule has 2 rings (SSSR count). The summed E-state index contributed by atoms with van der Waals surface area (Å²) in [6.07, 6.45) is 2.71. The van der Waals surface area contributed by atoms with Crippen LogP contribution in [0, 0.1) is 10.1 Å². The molecule has 2 aromatic rings. The van der Waals surface area contributed by atoms with Gasteiger partial charge in [0.25, 0.3) is 5.69 Å². The van der Waals surface area contributed by atoms with Crippen LogP contribution in [0.25, 0.3) is 17.2 Å². The molecule has 5 nitrogen and oxygen atoms in total. The van der Waals surface area contributed by atoms with Gasteiger partial charge in [-0.05, 0) is 35.8 Å².